The van der Waals surface area contributed by atoms with E-state index < -0.39 is 0 Å². The number of carbonyl (C=O) groups excluding carboxylic acids is 1. The Morgan fingerprint density at radius 1 is 1.38 bits per heavy atom. The van der Waals surface area contributed by atoms with Crippen LogP contribution in [-0.4, -0.2) is 31.3 Å². The molecular weight excluding hydrogens is 336 g/mol. The molecule has 21 heavy (non-hydrogen) atoms. The van der Waals surface area contributed by atoms with Crippen LogP contribution in [0.5, 0.6) is 0 Å². The minimum atomic E-state index is -0.178. The zero-order valence-electron chi connectivity index (χ0n) is 12.0. The van der Waals surface area contributed by atoms with Crippen LogP contribution in [0.25, 0.3) is 11.3 Å². The Balaban J connectivity index is 2.18. The first-order chi connectivity index (χ1) is 10.1. The highest BCUT2D eigenvalue weighted by atomic mass is 79.9. The van der Waals surface area contributed by atoms with Crippen LogP contribution in [0, 0.1) is 6.92 Å². The molecule has 0 bridgehead atoms. The molecular formula is C15H17BrN2O3. The predicted octanol–water partition coefficient (Wildman–Crippen LogP) is 3.18. The molecule has 0 aliphatic rings. The van der Waals surface area contributed by atoms with E-state index in [1.807, 2.05) is 24.3 Å². The molecule has 1 aromatic carbocycles. The lowest BCUT2D eigenvalue weighted by Gasteiger charge is -2.05. The zero-order valence-corrected chi connectivity index (χ0v) is 13.6. The highest BCUT2D eigenvalue weighted by Crippen LogP contribution is 2.26. The fraction of sp³-hybridized carbons (Fsp3) is 0.333. The van der Waals surface area contributed by atoms with Gasteiger partial charge in [0.05, 0.1) is 0 Å². The number of nitrogens with one attached hydrogen (secondary N) is 1. The molecule has 0 saturated carbocycles. The SMILES string of the molecule is COCCCNC(=O)c1c(-c2ccc(Br)cc2)noc1C. The molecule has 0 unspecified atom stereocenters. The summed E-state index contributed by atoms with van der Waals surface area (Å²) < 4.78 is 11.1. The first-order valence-corrected chi connectivity index (χ1v) is 7.42. The van der Waals surface area contributed by atoms with Crippen molar-refractivity contribution in [1.82, 2.24) is 10.5 Å². The van der Waals surface area contributed by atoms with Crippen molar-refractivity contribution in [3.8, 4) is 11.3 Å². The van der Waals surface area contributed by atoms with Gasteiger partial charge < -0.3 is 14.6 Å². The van der Waals surface area contributed by atoms with Gasteiger partial charge >= 0.3 is 0 Å². The van der Waals surface area contributed by atoms with Gasteiger partial charge in [0.2, 0.25) is 0 Å². The van der Waals surface area contributed by atoms with Crippen LogP contribution in [0.3, 0.4) is 0 Å². The molecule has 1 aromatic heterocycles. The van der Waals surface area contributed by atoms with Crippen LogP contribution in [0.15, 0.2) is 33.3 Å². The van der Waals surface area contributed by atoms with E-state index in [9.17, 15) is 4.79 Å². The summed E-state index contributed by atoms with van der Waals surface area (Å²) in [5, 5.41) is 6.86. The number of aromatic nitrogens is 1. The standard InChI is InChI=1S/C15H17BrN2O3/c1-10-13(15(19)17-8-3-9-20-2)14(18-21-10)11-4-6-12(16)7-5-11/h4-7H,3,8-9H2,1-2H3,(H,17,19). The largest absolute Gasteiger partial charge is 0.385 e. The molecule has 0 atom stereocenters. The van der Waals surface area contributed by atoms with Gasteiger partial charge in [-0.15, -0.1) is 0 Å². The Bertz CT molecular complexity index is 608. The van der Waals surface area contributed by atoms with Crippen molar-refractivity contribution in [2.24, 2.45) is 0 Å². The molecule has 0 radical (unpaired) electrons. The van der Waals surface area contributed by atoms with Crippen LogP contribution in [0.1, 0.15) is 22.5 Å². The highest BCUT2D eigenvalue weighted by molar-refractivity contribution is 9.10. The fourth-order valence-corrected chi connectivity index (χ4v) is 2.22. The number of amides is 1. The number of carbonyl (C=O) groups is 1. The summed E-state index contributed by atoms with van der Waals surface area (Å²) in [7, 11) is 1.64. The van der Waals surface area contributed by atoms with Crippen molar-refractivity contribution in [2.75, 3.05) is 20.3 Å². The lowest BCUT2D eigenvalue weighted by molar-refractivity contribution is 0.0947. The maximum Gasteiger partial charge on any atom is 0.257 e. The molecule has 0 spiro atoms. The van der Waals surface area contributed by atoms with Crippen molar-refractivity contribution < 1.29 is 14.1 Å². The number of aryl methyl sites for hydroxylation is 1. The number of rotatable bonds is 6. The molecule has 6 heteroatoms. The summed E-state index contributed by atoms with van der Waals surface area (Å²) in [4.78, 5) is 12.3. The van der Waals surface area contributed by atoms with Gasteiger partial charge in [-0.25, -0.2) is 0 Å². The van der Waals surface area contributed by atoms with Gasteiger partial charge in [-0.05, 0) is 25.5 Å². The Hall–Kier alpha value is -1.66. The summed E-state index contributed by atoms with van der Waals surface area (Å²) >= 11 is 3.38. The number of nitrogens with zero attached hydrogens (tertiary/aromatic N) is 1. The monoisotopic (exact) mass is 352 g/mol. The van der Waals surface area contributed by atoms with Gasteiger partial charge in [-0.2, -0.15) is 0 Å². The van der Waals surface area contributed by atoms with Crippen LogP contribution in [-0.2, 0) is 4.74 Å². The molecule has 0 aliphatic heterocycles. The Morgan fingerprint density at radius 3 is 2.76 bits per heavy atom. The first-order valence-electron chi connectivity index (χ1n) is 6.63. The molecule has 0 saturated heterocycles. The smallest absolute Gasteiger partial charge is 0.257 e. The average molecular weight is 353 g/mol. The van der Waals surface area contributed by atoms with Crippen molar-refractivity contribution in [3.05, 3.63) is 40.1 Å². The summed E-state index contributed by atoms with van der Waals surface area (Å²) in [6, 6.07) is 7.59. The van der Waals surface area contributed by atoms with E-state index in [0.29, 0.717) is 30.2 Å². The summed E-state index contributed by atoms with van der Waals surface area (Å²) in [6.45, 7) is 2.90. The van der Waals surface area contributed by atoms with Gasteiger partial charge in [-0.1, -0.05) is 33.2 Å². The lowest BCUT2D eigenvalue weighted by Crippen LogP contribution is -2.26. The Labute approximate surface area is 131 Å². The average Bonchev–Trinajstić information content (AvgIpc) is 2.86. The number of benzene rings is 1. The molecule has 1 N–H and O–H groups in total. The molecule has 0 aliphatic carbocycles. The minimum absolute atomic E-state index is 0.178. The van der Waals surface area contributed by atoms with E-state index in [1.54, 1.807) is 14.0 Å². The molecule has 1 amide bonds. The van der Waals surface area contributed by atoms with Crippen molar-refractivity contribution in [2.45, 2.75) is 13.3 Å². The van der Waals surface area contributed by atoms with Gasteiger partial charge in [-0.3, -0.25) is 4.79 Å². The number of methoxy groups -OCH3 is 1. The summed E-state index contributed by atoms with van der Waals surface area (Å²) in [5.41, 5.74) is 1.89. The van der Waals surface area contributed by atoms with E-state index in [-0.39, 0.29) is 5.91 Å². The van der Waals surface area contributed by atoms with Gasteiger partial charge in [0.1, 0.15) is 17.0 Å². The van der Waals surface area contributed by atoms with Gasteiger partial charge in [0.25, 0.3) is 5.91 Å². The van der Waals surface area contributed by atoms with E-state index in [2.05, 4.69) is 26.4 Å². The van der Waals surface area contributed by atoms with Crippen LogP contribution in [0.4, 0.5) is 0 Å². The molecule has 0 fully saturated rings. The topological polar surface area (TPSA) is 64.4 Å². The second-order valence-corrected chi connectivity index (χ2v) is 5.49. The second-order valence-electron chi connectivity index (χ2n) is 4.57. The quantitative estimate of drug-likeness (QED) is 0.811. The first kappa shape index (κ1) is 15.7. The number of ether oxygens (including phenoxy) is 1. The van der Waals surface area contributed by atoms with E-state index in [0.717, 1.165) is 16.5 Å². The van der Waals surface area contributed by atoms with E-state index in [4.69, 9.17) is 9.26 Å². The number of hydrogen-bond donors (Lipinski definition) is 1. The normalized spacial score (nSPS) is 10.6. The molecule has 1 heterocycles. The fourth-order valence-electron chi connectivity index (χ4n) is 1.95. The zero-order chi connectivity index (χ0) is 15.2. The predicted molar refractivity (Wildman–Crippen MR) is 83.2 cm³/mol. The van der Waals surface area contributed by atoms with Crippen molar-refractivity contribution in [3.63, 3.8) is 0 Å². The molecule has 2 rings (SSSR count). The number of hydrogen-bond acceptors (Lipinski definition) is 4. The van der Waals surface area contributed by atoms with Crippen LogP contribution < -0.4 is 5.32 Å². The van der Waals surface area contributed by atoms with Crippen molar-refractivity contribution >= 4 is 21.8 Å². The lowest BCUT2D eigenvalue weighted by atomic mass is 10.1. The summed E-state index contributed by atoms with van der Waals surface area (Å²) in [6.07, 6.45) is 0.764. The Morgan fingerprint density at radius 2 is 2.10 bits per heavy atom. The van der Waals surface area contributed by atoms with Gasteiger partial charge in [0, 0.05) is 30.3 Å². The number of halogens is 1. The molecule has 5 nitrogen and oxygen atoms in total. The highest BCUT2D eigenvalue weighted by Gasteiger charge is 2.21. The third-order valence-corrected chi connectivity index (χ3v) is 3.55. The van der Waals surface area contributed by atoms with Crippen molar-refractivity contribution in [1.29, 1.82) is 0 Å². The van der Waals surface area contributed by atoms with Crippen LogP contribution in [0.2, 0.25) is 0 Å². The molecule has 2 aromatic rings. The third kappa shape index (κ3) is 3.92. The van der Waals surface area contributed by atoms with E-state index in [1.165, 1.54) is 0 Å². The minimum Gasteiger partial charge on any atom is -0.385 e. The second kappa shape index (κ2) is 7.38. The Kier molecular flexibility index (Phi) is 5.52. The molecule has 112 valence electrons. The van der Waals surface area contributed by atoms with Crippen LogP contribution >= 0.6 is 15.9 Å². The summed E-state index contributed by atoms with van der Waals surface area (Å²) in [5.74, 6) is 0.333. The maximum atomic E-state index is 12.3. The maximum absolute atomic E-state index is 12.3. The van der Waals surface area contributed by atoms with E-state index >= 15 is 0 Å². The third-order valence-electron chi connectivity index (χ3n) is 3.02. The van der Waals surface area contributed by atoms with Gasteiger partial charge in [0.15, 0.2) is 0 Å².